The van der Waals surface area contributed by atoms with E-state index in [1.54, 1.807) is 73.1 Å². The predicted octanol–water partition coefficient (Wildman–Crippen LogP) is 4.58. The molecule has 4 aromatic rings. The molecule has 0 saturated carbocycles. The fraction of sp³-hybridized carbons (Fsp3) is 0.167. The molecule has 0 bridgehead atoms. The Balaban J connectivity index is 1.67. The third kappa shape index (κ3) is 6.28. The van der Waals surface area contributed by atoms with Crippen LogP contribution >= 0.6 is 0 Å². The lowest BCUT2D eigenvalue weighted by Gasteiger charge is -2.24. The van der Waals surface area contributed by atoms with Crippen molar-refractivity contribution < 1.29 is 19.5 Å². The van der Waals surface area contributed by atoms with Gasteiger partial charge in [-0.05, 0) is 59.5 Å². The molecular weight excluding hydrogens is 480 g/mol. The zero-order valence-electron chi connectivity index (χ0n) is 21.0. The van der Waals surface area contributed by atoms with E-state index >= 15 is 0 Å². The summed E-state index contributed by atoms with van der Waals surface area (Å²) in [6, 6.07) is 21.6. The number of carboxylic acids is 1. The van der Waals surface area contributed by atoms with Gasteiger partial charge in [0.2, 0.25) is 0 Å². The van der Waals surface area contributed by atoms with Gasteiger partial charge in [0.1, 0.15) is 0 Å². The standard InChI is InChI=1S/C30H28N4O4/c1-33(23-7-6-16-32-21-23)29(37)26-10-4-2-8-24(26)25-9-3-5-11-27(25)30(38)34(20-15-28(35)36)19-14-22-12-17-31-18-13-22/h2-13,16-18,21H,14-15,19-20H2,1H3,(H,35,36). The Morgan fingerprint density at radius 2 is 1.37 bits per heavy atom. The summed E-state index contributed by atoms with van der Waals surface area (Å²) in [6.07, 6.45) is 7.01. The number of benzene rings is 2. The fourth-order valence-electron chi connectivity index (χ4n) is 4.19. The molecule has 2 aromatic carbocycles. The second-order valence-electron chi connectivity index (χ2n) is 8.71. The van der Waals surface area contributed by atoms with E-state index in [4.69, 9.17) is 0 Å². The van der Waals surface area contributed by atoms with Crippen LogP contribution in [0.2, 0.25) is 0 Å². The van der Waals surface area contributed by atoms with Gasteiger partial charge >= 0.3 is 5.97 Å². The summed E-state index contributed by atoms with van der Waals surface area (Å²) in [7, 11) is 1.68. The molecule has 38 heavy (non-hydrogen) atoms. The summed E-state index contributed by atoms with van der Waals surface area (Å²) < 4.78 is 0. The number of hydrogen-bond acceptors (Lipinski definition) is 5. The minimum atomic E-state index is -0.977. The summed E-state index contributed by atoms with van der Waals surface area (Å²) in [5.41, 5.74) is 3.70. The van der Waals surface area contributed by atoms with Gasteiger partial charge in [0.15, 0.2) is 0 Å². The number of aliphatic carboxylic acids is 1. The van der Waals surface area contributed by atoms with E-state index in [0.29, 0.717) is 40.9 Å². The molecule has 0 spiro atoms. The Morgan fingerprint density at radius 3 is 1.97 bits per heavy atom. The van der Waals surface area contributed by atoms with Crippen LogP contribution in [-0.2, 0) is 11.2 Å². The van der Waals surface area contributed by atoms with Gasteiger partial charge in [-0.15, -0.1) is 0 Å². The first-order valence-electron chi connectivity index (χ1n) is 12.2. The monoisotopic (exact) mass is 508 g/mol. The molecule has 2 amide bonds. The molecule has 0 atom stereocenters. The largest absolute Gasteiger partial charge is 0.481 e. The number of pyridine rings is 2. The number of carboxylic acid groups (broad SMARTS) is 1. The summed E-state index contributed by atoms with van der Waals surface area (Å²) >= 11 is 0. The molecule has 0 radical (unpaired) electrons. The molecule has 0 unspecified atom stereocenters. The van der Waals surface area contributed by atoms with Crippen molar-refractivity contribution in [2.24, 2.45) is 0 Å². The van der Waals surface area contributed by atoms with Crippen LogP contribution in [0.15, 0.2) is 97.6 Å². The lowest BCUT2D eigenvalue weighted by atomic mass is 9.94. The SMILES string of the molecule is CN(C(=O)c1ccccc1-c1ccccc1C(=O)N(CCC(=O)O)CCc1ccncc1)c1cccnc1. The van der Waals surface area contributed by atoms with Crippen LogP contribution in [0.5, 0.6) is 0 Å². The minimum absolute atomic E-state index is 0.0674. The van der Waals surface area contributed by atoms with Gasteiger partial charge in [-0.25, -0.2) is 0 Å². The van der Waals surface area contributed by atoms with E-state index in [-0.39, 0.29) is 24.8 Å². The van der Waals surface area contributed by atoms with E-state index in [1.165, 1.54) is 4.90 Å². The van der Waals surface area contributed by atoms with Crippen molar-refractivity contribution >= 4 is 23.5 Å². The zero-order valence-corrected chi connectivity index (χ0v) is 21.0. The van der Waals surface area contributed by atoms with Crippen LogP contribution in [0.1, 0.15) is 32.7 Å². The molecule has 4 rings (SSSR count). The second kappa shape index (κ2) is 12.4. The highest BCUT2D eigenvalue weighted by Crippen LogP contribution is 2.30. The molecule has 0 fully saturated rings. The van der Waals surface area contributed by atoms with Gasteiger partial charge in [0, 0.05) is 49.9 Å². The van der Waals surface area contributed by atoms with Crippen LogP contribution in [0.3, 0.4) is 0 Å². The lowest BCUT2D eigenvalue weighted by Crippen LogP contribution is -2.35. The van der Waals surface area contributed by atoms with Crippen LogP contribution < -0.4 is 4.90 Å². The molecule has 0 aliphatic heterocycles. The van der Waals surface area contributed by atoms with Gasteiger partial charge in [-0.3, -0.25) is 24.4 Å². The summed E-state index contributed by atoms with van der Waals surface area (Å²) in [5, 5.41) is 9.28. The smallest absolute Gasteiger partial charge is 0.305 e. The number of amides is 2. The van der Waals surface area contributed by atoms with E-state index in [9.17, 15) is 19.5 Å². The van der Waals surface area contributed by atoms with Gasteiger partial charge in [0.05, 0.1) is 18.3 Å². The number of carbonyl (C=O) groups excluding carboxylic acids is 2. The minimum Gasteiger partial charge on any atom is -0.481 e. The number of aromatic nitrogens is 2. The predicted molar refractivity (Wildman–Crippen MR) is 145 cm³/mol. The summed E-state index contributed by atoms with van der Waals surface area (Å²) in [5.74, 6) is -1.51. The van der Waals surface area contributed by atoms with Crippen molar-refractivity contribution in [3.63, 3.8) is 0 Å². The highest BCUT2D eigenvalue weighted by Gasteiger charge is 2.24. The molecule has 8 heteroatoms. The van der Waals surface area contributed by atoms with Crippen molar-refractivity contribution in [2.45, 2.75) is 12.8 Å². The fourth-order valence-corrected chi connectivity index (χ4v) is 4.19. The molecule has 8 nitrogen and oxygen atoms in total. The number of rotatable bonds is 10. The Labute approximate surface area is 221 Å². The molecule has 1 N–H and O–H groups in total. The maximum atomic E-state index is 13.8. The Morgan fingerprint density at radius 1 is 0.737 bits per heavy atom. The van der Waals surface area contributed by atoms with E-state index in [1.807, 2.05) is 36.4 Å². The van der Waals surface area contributed by atoms with Crippen LogP contribution in [0.4, 0.5) is 5.69 Å². The van der Waals surface area contributed by atoms with Crippen molar-refractivity contribution in [1.82, 2.24) is 14.9 Å². The van der Waals surface area contributed by atoms with Crippen LogP contribution in [-0.4, -0.2) is 57.9 Å². The van der Waals surface area contributed by atoms with Gasteiger partial charge in [-0.1, -0.05) is 36.4 Å². The zero-order chi connectivity index (χ0) is 26.9. The highest BCUT2D eigenvalue weighted by atomic mass is 16.4. The first-order valence-corrected chi connectivity index (χ1v) is 12.2. The third-order valence-corrected chi connectivity index (χ3v) is 6.25. The maximum absolute atomic E-state index is 13.8. The molecule has 0 saturated heterocycles. The molecule has 192 valence electrons. The van der Waals surface area contributed by atoms with E-state index < -0.39 is 5.97 Å². The molecule has 0 aliphatic carbocycles. The number of anilines is 1. The Bertz CT molecular complexity index is 1410. The average Bonchev–Trinajstić information content (AvgIpc) is 2.97. The quantitative estimate of drug-likeness (QED) is 0.336. The third-order valence-electron chi connectivity index (χ3n) is 6.25. The maximum Gasteiger partial charge on any atom is 0.305 e. The van der Waals surface area contributed by atoms with Gasteiger partial charge in [0.25, 0.3) is 11.8 Å². The van der Waals surface area contributed by atoms with E-state index in [0.717, 1.165) is 5.56 Å². The van der Waals surface area contributed by atoms with Gasteiger partial charge < -0.3 is 14.9 Å². The second-order valence-corrected chi connectivity index (χ2v) is 8.71. The number of hydrogen-bond donors (Lipinski definition) is 1. The number of carbonyl (C=O) groups is 3. The van der Waals surface area contributed by atoms with Gasteiger partial charge in [-0.2, -0.15) is 0 Å². The Kier molecular flexibility index (Phi) is 8.56. The van der Waals surface area contributed by atoms with Crippen molar-refractivity contribution in [1.29, 1.82) is 0 Å². The summed E-state index contributed by atoms with van der Waals surface area (Å²) in [4.78, 5) is 49.9. The molecule has 2 aromatic heterocycles. The van der Waals surface area contributed by atoms with Crippen molar-refractivity contribution in [3.8, 4) is 11.1 Å². The first-order chi connectivity index (χ1) is 18.5. The van der Waals surface area contributed by atoms with Crippen LogP contribution in [0.25, 0.3) is 11.1 Å². The lowest BCUT2D eigenvalue weighted by molar-refractivity contribution is -0.137. The molecule has 2 heterocycles. The van der Waals surface area contributed by atoms with Crippen molar-refractivity contribution in [2.75, 3.05) is 25.0 Å². The molecular formula is C30H28N4O4. The highest BCUT2D eigenvalue weighted by molar-refractivity contribution is 6.11. The average molecular weight is 509 g/mol. The first kappa shape index (κ1) is 26.2. The Hall–Kier alpha value is -4.85. The van der Waals surface area contributed by atoms with Crippen LogP contribution in [0, 0.1) is 0 Å². The van der Waals surface area contributed by atoms with Crippen molar-refractivity contribution in [3.05, 3.63) is 114 Å². The molecule has 0 aliphatic rings. The van der Waals surface area contributed by atoms with E-state index in [2.05, 4.69) is 9.97 Å². The topological polar surface area (TPSA) is 104 Å². The normalized spacial score (nSPS) is 10.6. The summed E-state index contributed by atoms with van der Waals surface area (Å²) in [6.45, 7) is 0.409. The number of nitrogens with zero attached hydrogens (tertiary/aromatic N) is 4.